The molecule has 1 fully saturated rings. The number of H-pyrrole nitrogens is 1. The van der Waals surface area contributed by atoms with Gasteiger partial charge >= 0.3 is 5.69 Å². The van der Waals surface area contributed by atoms with Gasteiger partial charge in [-0.15, -0.1) is 0 Å². The minimum Gasteiger partial charge on any atom is -0.365 e. The molecule has 9 nitrogen and oxygen atoms in total. The molecule has 0 radical (unpaired) electrons. The van der Waals surface area contributed by atoms with Gasteiger partial charge in [0.15, 0.2) is 5.82 Å². The van der Waals surface area contributed by atoms with Crippen LogP contribution in [0.4, 0.5) is 10.1 Å². The quantitative estimate of drug-likeness (QED) is 0.601. The first-order valence-electron chi connectivity index (χ1n) is 10.9. The molecular weight excluding hydrogens is 427 g/mol. The Labute approximate surface area is 189 Å². The lowest BCUT2D eigenvalue weighted by Crippen LogP contribution is -2.46. The molecule has 0 aliphatic carbocycles. The summed E-state index contributed by atoms with van der Waals surface area (Å²) in [7, 11) is 1.48. The summed E-state index contributed by atoms with van der Waals surface area (Å²) in [6, 6.07) is 6.68. The Kier molecular flexibility index (Phi) is 6.28. The molecule has 0 atom stereocenters. The van der Waals surface area contributed by atoms with Gasteiger partial charge < -0.3 is 15.2 Å². The van der Waals surface area contributed by atoms with Crippen LogP contribution < -0.4 is 21.5 Å². The molecule has 33 heavy (non-hydrogen) atoms. The number of amides is 1. The Morgan fingerprint density at radius 3 is 2.55 bits per heavy atom. The third-order valence-electron chi connectivity index (χ3n) is 6.04. The molecule has 1 aliphatic heterocycles. The Balaban J connectivity index is 1.47. The fourth-order valence-corrected chi connectivity index (χ4v) is 4.33. The number of piperazine rings is 1. The van der Waals surface area contributed by atoms with Crippen LogP contribution in [0.5, 0.6) is 0 Å². The number of aryl methyl sites for hydroxylation is 1. The van der Waals surface area contributed by atoms with Crippen molar-refractivity contribution in [2.24, 2.45) is 0 Å². The van der Waals surface area contributed by atoms with Crippen LogP contribution in [0.25, 0.3) is 10.9 Å². The zero-order chi connectivity index (χ0) is 23.7. The zero-order valence-corrected chi connectivity index (χ0v) is 18.9. The van der Waals surface area contributed by atoms with Crippen molar-refractivity contribution in [3.8, 4) is 0 Å². The van der Waals surface area contributed by atoms with Gasteiger partial charge in [-0.05, 0) is 31.5 Å². The number of aromatic amines is 1. The molecule has 0 saturated carbocycles. The molecule has 1 saturated heterocycles. The van der Waals surface area contributed by atoms with E-state index in [1.54, 1.807) is 19.9 Å². The van der Waals surface area contributed by atoms with Gasteiger partial charge in [-0.2, -0.15) is 0 Å². The summed E-state index contributed by atoms with van der Waals surface area (Å²) in [4.78, 5) is 47.6. The Bertz CT molecular complexity index is 1300. The van der Waals surface area contributed by atoms with E-state index in [2.05, 4.69) is 20.2 Å². The third-order valence-corrected chi connectivity index (χ3v) is 6.04. The minimum atomic E-state index is -0.453. The van der Waals surface area contributed by atoms with Gasteiger partial charge in [0.2, 0.25) is 0 Å². The van der Waals surface area contributed by atoms with Gasteiger partial charge in [0, 0.05) is 52.4 Å². The topological polar surface area (TPSA) is 103 Å². The SMILES string of the molecule is CCn1c(=O)[nH]c2cc(CN3CCN(c4c(F)cc(C(=O)NC)nc4C)CC3)ccc2c1=O. The predicted molar refractivity (Wildman–Crippen MR) is 124 cm³/mol. The van der Waals surface area contributed by atoms with E-state index in [1.807, 2.05) is 17.0 Å². The monoisotopic (exact) mass is 454 g/mol. The maximum atomic E-state index is 14.8. The van der Waals surface area contributed by atoms with Crippen molar-refractivity contribution in [3.05, 3.63) is 67.9 Å². The molecule has 1 aliphatic rings. The fourth-order valence-electron chi connectivity index (χ4n) is 4.33. The van der Waals surface area contributed by atoms with E-state index in [9.17, 15) is 18.8 Å². The van der Waals surface area contributed by atoms with Crippen LogP contribution in [-0.2, 0) is 13.1 Å². The normalized spacial score (nSPS) is 14.6. The number of hydrogen-bond donors (Lipinski definition) is 2. The molecule has 174 valence electrons. The van der Waals surface area contributed by atoms with Crippen LogP contribution in [0.3, 0.4) is 0 Å². The maximum absolute atomic E-state index is 14.8. The van der Waals surface area contributed by atoms with Crippen LogP contribution >= 0.6 is 0 Å². The van der Waals surface area contributed by atoms with Crippen molar-refractivity contribution in [1.29, 1.82) is 0 Å². The highest BCUT2D eigenvalue weighted by molar-refractivity contribution is 5.92. The van der Waals surface area contributed by atoms with Crippen molar-refractivity contribution in [2.75, 3.05) is 38.1 Å². The summed E-state index contributed by atoms with van der Waals surface area (Å²) in [5, 5.41) is 2.95. The maximum Gasteiger partial charge on any atom is 0.328 e. The van der Waals surface area contributed by atoms with E-state index in [4.69, 9.17) is 0 Å². The predicted octanol–water partition coefficient (Wildman–Crippen LogP) is 1.23. The van der Waals surface area contributed by atoms with Crippen molar-refractivity contribution in [1.82, 2.24) is 24.8 Å². The molecule has 3 aromatic rings. The number of anilines is 1. The molecule has 10 heteroatoms. The van der Waals surface area contributed by atoms with E-state index in [0.29, 0.717) is 61.6 Å². The van der Waals surface area contributed by atoms with E-state index in [1.165, 1.54) is 17.7 Å². The van der Waals surface area contributed by atoms with Crippen LogP contribution in [0.2, 0.25) is 0 Å². The van der Waals surface area contributed by atoms with Gasteiger partial charge in [0.1, 0.15) is 5.69 Å². The molecule has 1 amide bonds. The number of carbonyl (C=O) groups excluding carboxylic acids is 1. The third kappa shape index (κ3) is 4.38. The number of hydrogen-bond acceptors (Lipinski definition) is 6. The van der Waals surface area contributed by atoms with Gasteiger partial charge in [-0.1, -0.05) is 6.07 Å². The van der Waals surface area contributed by atoms with E-state index >= 15 is 0 Å². The van der Waals surface area contributed by atoms with Crippen LogP contribution in [0.15, 0.2) is 33.9 Å². The lowest BCUT2D eigenvalue weighted by Gasteiger charge is -2.36. The molecule has 1 aromatic carbocycles. The van der Waals surface area contributed by atoms with Crippen molar-refractivity contribution >= 4 is 22.5 Å². The highest BCUT2D eigenvalue weighted by atomic mass is 19.1. The number of aromatic nitrogens is 3. The number of nitrogens with one attached hydrogen (secondary N) is 2. The first-order chi connectivity index (χ1) is 15.8. The van der Waals surface area contributed by atoms with Gasteiger partial charge in [-0.3, -0.25) is 19.1 Å². The molecule has 0 bridgehead atoms. The van der Waals surface area contributed by atoms with Gasteiger partial charge in [0.05, 0.1) is 22.3 Å². The second kappa shape index (κ2) is 9.14. The number of nitrogens with zero attached hydrogens (tertiary/aromatic N) is 4. The average Bonchev–Trinajstić information content (AvgIpc) is 2.79. The highest BCUT2D eigenvalue weighted by Crippen LogP contribution is 2.25. The Morgan fingerprint density at radius 1 is 1.18 bits per heavy atom. The lowest BCUT2D eigenvalue weighted by atomic mass is 10.1. The lowest BCUT2D eigenvalue weighted by molar-refractivity contribution is 0.0957. The van der Waals surface area contributed by atoms with Crippen LogP contribution in [0, 0.1) is 12.7 Å². The molecule has 2 aromatic heterocycles. The number of pyridine rings is 1. The van der Waals surface area contributed by atoms with Gasteiger partial charge in [-0.25, -0.2) is 14.2 Å². The number of benzene rings is 1. The molecular formula is C23H27FN6O3. The largest absolute Gasteiger partial charge is 0.365 e. The number of fused-ring (bicyclic) bond motifs is 1. The fraction of sp³-hybridized carbons (Fsp3) is 0.391. The minimum absolute atomic E-state index is 0.0647. The summed E-state index contributed by atoms with van der Waals surface area (Å²) in [5.41, 5.74) is 1.80. The molecule has 0 spiro atoms. The molecule has 2 N–H and O–H groups in total. The highest BCUT2D eigenvalue weighted by Gasteiger charge is 2.23. The first-order valence-corrected chi connectivity index (χ1v) is 10.9. The first kappa shape index (κ1) is 22.7. The van der Waals surface area contributed by atoms with Gasteiger partial charge in [0.25, 0.3) is 11.5 Å². The summed E-state index contributed by atoms with van der Waals surface area (Å²) in [6.45, 7) is 7.09. The smallest absolute Gasteiger partial charge is 0.328 e. The average molecular weight is 455 g/mol. The number of halogens is 1. The second-order valence-corrected chi connectivity index (χ2v) is 8.13. The van der Waals surface area contributed by atoms with E-state index in [0.717, 1.165) is 5.56 Å². The summed E-state index contributed by atoms with van der Waals surface area (Å²) < 4.78 is 16.0. The summed E-state index contributed by atoms with van der Waals surface area (Å²) in [5.74, 6) is -0.871. The second-order valence-electron chi connectivity index (χ2n) is 8.13. The molecule has 4 rings (SSSR count). The van der Waals surface area contributed by atoms with Crippen molar-refractivity contribution < 1.29 is 9.18 Å². The standard InChI is InChI=1S/C23H27FN6O3/c1-4-30-22(32)16-6-5-15(11-18(16)27-23(30)33)13-28-7-9-29(10-8-28)20-14(2)26-19(12-17(20)24)21(31)25-3/h5-6,11-12H,4,7-10,13H2,1-3H3,(H,25,31)(H,27,33). The Morgan fingerprint density at radius 2 is 1.91 bits per heavy atom. The molecule has 0 unspecified atom stereocenters. The number of carbonyl (C=O) groups is 1. The zero-order valence-electron chi connectivity index (χ0n) is 18.9. The van der Waals surface area contributed by atoms with Crippen molar-refractivity contribution in [2.45, 2.75) is 26.9 Å². The Hall–Kier alpha value is -3.53. The number of rotatable bonds is 5. The van der Waals surface area contributed by atoms with E-state index < -0.39 is 17.4 Å². The van der Waals surface area contributed by atoms with Crippen LogP contribution in [0.1, 0.15) is 28.7 Å². The summed E-state index contributed by atoms with van der Waals surface area (Å²) >= 11 is 0. The van der Waals surface area contributed by atoms with Crippen LogP contribution in [-0.4, -0.2) is 58.6 Å². The van der Waals surface area contributed by atoms with E-state index in [-0.39, 0.29) is 11.3 Å². The molecule has 3 heterocycles. The summed E-state index contributed by atoms with van der Waals surface area (Å²) in [6.07, 6.45) is 0. The van der Waals surface area contributed by atoms with Crippen molar-refractivity contribution in [3.63, 3.8) is 0 Å².